The maximum Gasteiger partial charge on any atom is 0.264 e. The van der Waals surface area contributed by atoms with E-state index >= 15 is 0 Å². The van der Waals surface area contributed by atoms with Crippen molar-refractivity contribution in [2.45, 2.75) is 73.7 Å². The van der Waals surface area contributed by atoms with Crippen LogP contribution in [0.3, 0.4) is 0 Å². The second-order valence-corrected chi connectivity index (χ2v) is 11.9. The van der Waals surface area contributed by atoms with Gasteiger partial charge in [-0.15, -0.1) is 0 Å². The number of nitrogens with one attached hydrogen (secondary N) is 1. The average molecular weight is 467 g/mol. The first-order valence-corrected chi connectivity index (χ1v) is 13.6. The Morgan fingerprint density at radius 2 is 1.55 bits per heavy atom. The first kappa shape index (κ1) is 22.2. The third-order valence-electron chi connectivity index (χ3n) is 6.13. The van der Waals surface area contributed by atoms with Gasteiger partial charge in [-0.3, -0.25) is 4.31 Å². The molecule has 1 fully saturated rings. The number of fused-ring (bicyclic) bond motifs is 1. The van der Waals surface area contributed by atoms with Crippen molar-refractivity contribution in [3.63, 3.8) is 0 Å². The summed E-state index contributed by atoms with van der Waals surface area (Å²) >= 11 is 0. The van der Waals surface area contributed by atoms with Crippen LogP contribution in [0.15, 0.2) is 52.3 Å². The van der Waals surface area contributed by atoms with E-state index in [1.54, 1.807) is 0 Å². The number of anilines is 1. The lowest BCUT2D eigenvalue weighted by atomic mass is 9.96. The summed E-state index contributed by atoms with van der Waals surface area (Å²) in [6.45, 7) is 1.82. The lowest BCUT2D eigenvalue weighted by molar-refractivity contribution is 0.412. The van der Waals surface area contributed by atoms with E-state index in [1.165, 1.54) is 46.8 Å². The molecule has 1 saturated carbocycles. The van der Waals surface area contributed by atoms with Crippen LogP contribution in [0.5, 0.6) is 0 Å². The Hall–Kier alpha value is -1.97. The number of hydrogen-bond acceptors (Lipinski definition) is 4. The normalized spacial score (nSPS) is 20.5. The highest BCUT2D eigenvalue weighted by molar-refractivity contribution is 7.93. The summed E-state index contributed by atoms with van der Waals surface area (Å²) in [5, 5.41) is 0. The van der Waals surface area contributed by atoms with Crippen molar-refractivity contribution >= 4 is 25.7 Å². The molecule has 6 nitrogen and oxygen atoms in total. The fourth-order valence-corrected chi connectivity index (χ4v) is 7.50. The van der Waals surface area contributed by atoms with Crippen LogP contribution < -0.4 is 9.03 Å². The van der Waals surface area contributed by atoms with Crippen molar-refractivity contribution in [2.75, 3.05) is 4.31 Å². The molecule has 2 aromatic rings. The number of aryl methyl sites for hydroxylation is 1. The summed E-state index contributed by atoms with van der Waals surface area (Å²) in [6, 6.07) is 9.07. The van der Waals surface area contributed by atoms with Gasteiger partial charge in [-0.1, -0.05) is 19.3 Å². The van der Waals surface area contributed by atoms with Gasteiger partial charge >= 0.3 is 0 Å². The molecule has 2 aliphatic rings. The van der Waals surface area contributed by atoms with Gasteiger partial charge in [0.15, 0.2) is 0 Å². The van der Waals surface area contributed by atoms with Crippen LogP contribution in [0.1, 0.15) is 51.0 Å². The van der Waals surface area contributed by atoms with E-state index in [0.29, 0.717) is 24.1 Å². The summed E-state index contributed by atoms with van der Waals surface area (Å²) in [5.41, 5.74) is 1.12. The first-order chi connectivity index (χ1) is 14.7. The molecule has 4 rings (SSSR count). The predicted molar refractivity (Wildman–Crippen MR) is 117 cm³/mol. The highest BCUT2D eigenvalue weighted by atomic mass is 32.2. The molecule has 0 amide bonds. The van der Waals surface area contributed by atoms with E-state index in [4.69, 9.17) is 0 Å². The monoisotopic (exact) mass is 466 g/mol. The Balaban J connectivity index is 1.61. The number of hydrogen-bond donors (Lipinski definition) is 1. The van der Waals surface area contributed by atoms with Crippen molar-refractivity contribution in [2.24, 2.45) is 0 Å². The number of rotatable bonds is 5. The minimum atomic E-state index is -3.93. The fourth-order valence-electron chi connectivity index (χ4n) is 4.47. The number of halogens is 1. The molecule has 2 aromatic carbocycles. The van der Waals surface area contributed by atoms with E-state index in [1.807, 2.05) is 6.92 Å². The first-order valence-electron chi connectivity index (χ1n) is 10.6. The second kappa shape index (κ2) is 8.52. The zero-order valence-electron chi connectivity index (χ0n) is 17.4. The van der Waals surface area contributed by atoms with Gasteiger partial charge in [0, 0.05) is 12.1 Å². The summed E-state index contributed by atoms with van der Waals surface area (Å²) in [6.07, 6.45) is 5.94. The van der Waals surface area contributed by atoms with Crippen LogP contribution in [-0.4, -0.2) is 28.9 Å². The SMILES string of the molecule is C[C@@H]1CCc2cc(F)ccc2N1S(=O)(=O)c1ccc(S(=O)(=O)NC2CCCCC2)cc1. The zero-order valence-corrected chi connectivity index (χ0v) is 19.1. The standard InChI is InChI=1S/C22H27FN2O4S2/c1-16-7-8-17-15-18(23)9-14-22(17)25(16)31(28,29)21-12-10-20(11-13-21)30(26,27)24-19-5-3-2-4-6-19/h9-16,19,24H,2-8H2,1H3/t16-/m1/s1. The van der Waals surface area contributed by atoms with Gasteiger partial charge in [0.25, 0.3) is 10.0 Å². The molecule has 0 radical (unpaired) electrons. The molecule has 1 heterocycles. The molecule has 0 bridgehead atoms. The van der Waals surface area contributed by atoms with Gasteiger partial charge in [-0.25, -0.2) is 25.9 Å². The molecule has 31 heavy (non-hydrogen) atoms. The van der Waals surface area contributed by atoms with Crippen LogP contribution >= 0.6 is 0 Å². The maximum absolute atomic E-state index is 13.6. The van der Waals surface area contributed by atoms with Gasteiger partial charge in [0.2, 0.25) is 10.0 Å². The third-order valence-corrected chi connectivity index (χ3v) is 9.61. The Morgan fingerprint density at radius 3 is 2.23 bits per heavy atom. The molecule has 1 aliphatic carbocycles. The lowest BCUT2D eigenvalue weighted by Crippen LogP contribution is -2.42. The van der Waals surface area contributed by atoms with Crippen molar-refractivity contribution in [3.05, 3.63) is 53.8 Å². The Kier molecular flexibility index (Phi) is 6.11. The Labute approximate surface area is 183 Å². The summed E-state index contributed by atoms with van der Waals surface area (Å²) in [5.74, 6) is -0.398. The minimum absolute atomic E-state index is 0.00754. The quantitative estimate of drug-likeness (QED) is 0.723. The van der Waals surface area contributed by atoms with Gasteiger partial charge in [0.1, 0.15) is 5.82 Å². The molecule has 168 valence electrons. The molecular weight excluding hydrogens is 439 g/mol. The lowest BCUT2D eigenvalue weighted by Gasteiger charge is -2.36. The summed E-state index contributed by atoms with van der Waals surface area (Å²) < 4.78 is 69.9. The molecule has 0 unspecified atom stereocenters. The largest absolute Gasteiger partial charge is 0.264 e. The molecule has 0 saturated heterocycles. The molecule has 1 atom stereocenters. The van der Waals surface area contributed by atoms with Gasteiger partial charge < -0.3 is 0 Å². The summed E-state index contributed by atoms with van der Waals surface area (Å²) in [7, 11) is -7.64. The zero-order chi connectivity index (χ0) is 22.2. The minimum Gasteiger partial charge on any atom is -0.263 e. The highest BCUT2D eigenvalue weighted by Crippen LogP contribution is 2.36. The molecule has 1 aliphatic heterocycles. The van der Waals surface area contributed by atoms with Crippen molar-refractivity contribution in [1.82, 2.24) is 4.72 Å². The third kappa shape index (κ3) is 4.49. The van der Waals surface area contributed by atoms with E-state index in [9.17, 15) is 21.2 Å². The van der Waals surface area contributed by atoms with Crippen LogP contribution in [-0.2, 0) is 26.5 Å². The van der Waals surface area contributed by atoms with Crippen molar-refractivity contribution in [1.29, 1.82) is 0 Å². The van der Waals surface area contributed by atoms with Gasteiger partial charge in [-0.2, -0.15) is 0 Å². The molecule has 1 N–H and O–H groups in total. The number of benzene rings is 2. The predicted octanol–water partition coefficient (Wildman–Crippen LogP) is 3.97. The fraction of sp³-hybridized carbons (Fsp3) is 0.455. The number of sulfonamides is 2. The van der Waals surface area contributed by atoms with E-state index in [2.05, 4.69) is 4.72 Å². The molecule has 0 aromatic heterocycles. The Bertz CT molecular complexity index is 1160. The van der Waals surface area contributed by atoms with Crippen LogP contribution in [0, 0.1) is 5.82 Å². The average Bonchev–Trinajstić information content (AvgIpc) is 2.74. The topological polar surface area (TPSA) is 83.6 Å². The summed E-state index contributed by atoms with van der Waals surface area (Å²) in [4.78, 5) is 0.0549. The number of nitrogens with zero attached hydrogens (tertiary/aromatic N) is 1. The van der Waals surface area contributed by atoms with Gasteiger partial charge in [-0.05, 0) is 80.6 Å². The molecule has 0 spiro atoms. The highest BCUT2D eigenvalue weighted by Gasteiger charge is 2.34. The van der Waals surface area contributed by atoms with Crippen LogP contribution in [0.2, 0.25) is 0 Å². The molecule has 9 heteroatoms. The maximum atomic E-state index is 13.6. The molecular formula is C22H27FN2O4S2. The van der Waals surface area contributed by atoms with Crippen molar-refractivity contribution < 1.29 is 21.2 Å². The van der Waals surface area contributed by atoms with Crippen LogP contribution in [0.25, 0.3) is 0 Å². The van der Waals surface area contributed by atoms with E-state index in [0.717, 1.165) is 32.1 Å². The van der Waals surface area contributed by atoms with Crippen molar-refractivity contribution in [3.8, 4) is 0 Å². The second-order valence-electron chi connectivity index (χ2n) is 8.39. The smallest absolute Gasteiger partial charge is 0.263 e. The Morgan fingerprint density at radius 1 is 0.903 bits per heavy atom. The van der Waals surface area contributed by atoms with E-state index < -0.39 is 25.9 Å². The van der Waals surface area contributed by atoms with E-state index in [-0.39, 0.29) is 21.9 Å². The van der Waals surface area contributed by atoms with Gasteiger partial charge in [0.05, 0.1) is 15.5 Å². The van der Waals surface area contributed by atoms with Crippen LogP contribution in [0.4, 0.5) is 10.1 Å².